The second-order valence-corrected chi connectivity index (χ2v) is 4.21. The van der Waals surface area contributed by atoms with Crippen LogP contribution in [0.2, 0.25) is 0 Å². The van der Waals surface area contributed by atoms with E-state index < -0.39 is 15.4 Å². The lowest BCUT2D eigenvalue weighted by Gasteiger charge is -2.10. The summed E-state index contributed by atoms with van der Waals surface area (Å²) in [5.41, 5.74) is 0. The third-order valence-corrected chi connectivity index (χ3v) is 2.87. The summed E-state index contributed by atoms with van der Waals surface area (Å²) in [5.74, 6) is 0. The molecule has 0 radical (unpaired) electrons. The molecule has 0 rings (SSSR count). The maximum atomic E-state index is 10.6. The van der Waals surface area contributed by atoms with E-state index in [0.717, 1.165) is 0 Å². The molecule has 0 aliphatic heterocycles. The van der Waals surface area contributed by atoms with Gasteiger partial charge in [-0.05, 0) is 19.3 Å². The third kappa shape index (κ3) is 4.66. The van der Waals surface area contributed by atoms with Gasteiger partial charge in [0.1, 0.15) is 0 Å². The Morgan fingerprint density at radius 2 is 1.67 bits per heavy atom. The molecule has 0 saturated heterocycles. The summed E-state index contributed by atoms with van der Waals surface area (Å²) in [6.07, 6.45) is 0.499. The monoisotopic (exact) mass is 198 g/mol. The Morgan fingerprint density at radius 3 is 2.00 bits per heavy atom. The van der Waals surface area contributed by atoms with Gasteiger partial charge in [0.2, 0.25) is 0 Å². The Hall–Kier alpha value is -0.170. The molecule has 0 spiro atoms. The maximum Gasteiger partial charge on any atom is 0.267 e. The fourth-order valence-corrected chi connectivity index (χ4v) is 1.77. The van der Waals surface area contributed by atoms with Crippen molar-refractivity contribution in [1.29, 1.82) is 0 Å². The molecular weight excluding hydrogens is 184 g/mol. The largest absolute Gasteiger partial charge is 0.396 e. The summed E-state index contributed by atoms with van der Waals surface area (Å²) in [6.45, 7) is -0.396. The highest BCUT2D eigenvalue weighted by Gasteiger charge is 2.21. The summed E-state index contributed by atoms with van der Waals surface area (Å²) in [7, 11) is -4.07. The van der Waals surface area contributed by atoms with Crippen molar-refractivity contribution in [3.05, 3.63) is 0 Å². The van der Waals surface area contributed by atoms with Crippen LogP contribution in [-0.2, 0) is 10.1 Å². The minimum Gasteiger partial charge on any atom is -0.396 e. The second kappa shape index (κ2) is 5.47. The molecule has 12 heavy (non-hydrogen) atoms. The molecule has 5 nitrogen and oxygen atoms in total. The zero-order chi connectivity index (χ0) is 9.61. The highest BCUT2D eigenvalue weighted by Crippen LogP contribution is 2.10. The van der Waals surface area contributed by atoms with Crippen LogP contribution in [0.4, 0.5) is 0 Å². The number of rotatable bonds is 6. The SMILES string of the molecule is O=S(=O)(O)C(CCO)CCCO. The topological polar surface area (TPSA) is 94.8 Å². The minimum atomic E-state index is -4.07. The van der Waals surface area contributed by atoms with Gasteiger partial charge < -0.3 is 10.2 Å². The van der Waals surface area contributed by atoms with Crippen molar-refractivity contribution in [1.82, 2.24) is 0 Å². The molecule has 0 amide bonds. The Kier molecular flexibility index (Phi) is 5.39. The number of aliphatic hydroxyl groups is 2. The van der Waals surface area contributed by atoms with Gasteiger partial charge in [0.15, 0.2) is 0 Å². The van der Waals surface area contributed by atoms with Crippen molar-refractivity contribution in [3.63, 3.8) is 0 Å². The smallest absolute Gasteiger partial charge is 0.267 e. The summed E-state index contributed by atoms with van der Waals surface area (Å²) in [6, 6.07) is 0. The predicted octanol–water partition coefficient (Wildman–Crippen LogP) is -0.602. The van der Waals surface area contributed by atoms with Crippen molar-refractivity contribution in [2.24, 2.45) is 0 Å². The van der Waals surface area contributed by atoms with Crippen LogP contribution in [0.3, 0.4) is 0 Å². The molecule has 0 aromatic heterocycles. The van der Waals surface area contributed by atoms with E-state index in [1.807, 2.05) is 0 Å². The summed E-state index contributed by atoms with van der Waals surface area (Å²) in [4.78, 5) is 0. The van der Waals surface area contributed by atoms with Gasteiger partial charge in [-0.15, -0.1) is 0 Å². The Bertz CT molecular complexity index is 198. The van der Waals surface area contributed by atoms with E-state index in [9.17, 15) is 8.42 Å². The van der Waals surface area contributed by atoms with Crippen LogP contribution in [0.25, 0.3) is 0 Å². The van der Waals surface area contributed by atoms with Crippen LogP contribution >= 0.6 is 0 Å². The zero-order valence-corrected chi connectivity index (χ0v) is 7.50. The average molecular weight is 198 g/mol. The van der Waals surface area contributed by atoms with Crippen LogP contribution in [-0.4, -0.2) is 41.6 Å². The zero-order valence-electron chi connectivity index (χ0n) is 6.68. The standard InChI is InChI=1S/C6H14O5S/c7-4-1-2-6(3-5-8)12(9,10)11/h6-8H,1-5H2,(H,9,10,11). The molecule has 3 N–H and O–H groups in total. The van der Waals surface area contributed by atoms with E-state index in [-0.39, 0.29) is 26.1 Å². The molecule has 0 aliphatic rings. The Morgan fingerprint density at radius 1 is 1.08 bits per heavy atom. The van der Waals surface area contributed by atoms with E-state index in [1.54, 1.807) is 0 Å². The van der Waals surface area contributed by atoms with Crippen LogP contribution < -0.4 is 0 Å². The van der Waals surface area contributed by atoms with Gasteiger partial charge in [0, 0.05) is 13.2 Å². The van der Waals surface area contributed by atoms with Crippen molar-refractivity contribution in [3.8, 4) is 0 Å². The molecular formula is C6H14O5S. The molecule has 0 saturated carbocycles. The van der Waals surface area contributed by atoms with Gasteiger partial charge >= 0.3 is 0 Å². The fourth-order valence-electron chi connectivity index (χ4n) is 0.905. The molecule has 0 aliphatic carbocycles. The van der Waals surface area contributed by atoms with E-state index in [2.05, 4.69) is 0 Å². The second-order valence-electron chi connectivity index (χ2n) is 2.52. The highest BCUT2D eigenvalue weighted by atomic mass is 32.2. The quantitative estimate of drug-likeness (QED) is 0.495. The first-order chi connectivity index (χ1) is 5.52. The molecule has 1 unspecified atom stereocenters. The van der Waals surface area contributed by atoms with E-state index in [1.165, 1.54) is 0 Å². The summed E-state index contributed by atoms with van der Waals surface area (Å²) >= 11 is 0. The molecule has 0 aromatic rings. The molecule has 0 fully saturated rings. The van der Waals surface area contributed by atoms with Crippen molar-refractivity contribution < 1.29 is 23.2 Å². The van der Waals surface area contributed by atoms with Crippen LogP contribution in [0.15, 0.2) is 0 Å². The first-order valence-electron chi connectivity index (χ1n) is 3.70. The average Bonchev–Trinajstić information content (AvgIpc) is 1.95. The van der Waals surface area contributed by atoms with E-state index in [0.29, 0.717) is 6.42 Å². The molecule has 0 aromatic carbocycles. The summed E-state index contributed by atoms with van der Waals surface area (Å²) in [5, 5.41) is 15.9. The van der Waals surface area contributed by atoms with Gasteiger partial charge in [-0.3, -0.25) is 4.55 Å². The maximum absolute atomic E-state index is 10.6. The third-order valence-electron chi connectivity index (χ3n) is 1.56. The van der Waals surface area contributed by atoms with Crippen LogP contribution in [0, 0.1) is 0 Å². The number of aliphatic hydroxyl groups excluding tert-OH is 2. The van der Waals surface area contributed by atoms with Gasteiger partial charge in [0.05, 0.1) is 5.25 Å². The number of hydrogen-bond acceptors (Lipinski definition) is 4. The Balaban J connectivity index is 4.05. The molecule has 0 heterocycles. The highest BCUT2D eigenvalue weighted by molar-refractivity contribution is 7.86. The first kappa shape index (κ1) is 11.8. The fraction of sp³-hybridized carbons (Fsp3) is 1.00. The lowest BCUT2D eigenvalue weighted by molar-refractivity contribution is 0.263. The molecule has 1 atom stereocenters. The number of hydrogen-bond donors (Lipinski definition) is 3. The predicted molar refractivity (Wildman–Crippen MR) is 43.4 cm³/mol. The lowest BCUT2D eigenvalue weighted by atomic mass is 10.2. The summed E-state index contributed by atoms with van der Waals surface area (Å²) < 4.78 is 29.8. The van der Waals surface area contributed by atoms with Gasteiger partial charge in [-0.1, -0.05) is 0 Å². The molecule has 74 valence electrons. The first-order valence-corrected chi connectivity index (χ1v) is 5.20. The van der Waals surface area contributed by atoms with Gasteiger partial charge in [-0.25, -0.2) is 0 Å². The molecule has 0 bridgehead atoms. The van der Waals surface area contributed by atoms with Gasteiger partial charge in [0.25, 0.3) is 10.1 Å². The van der Waals surface area contributed by atoms with Crippen molar-refractivity contribution in [2.75, 3.05) is 13.2 Å². The van der Waals surface area contributed by atoms with Crippen LogP contribution in [0.5, 0.6) is 0 Å². The molecule has 6 heteroatoms. The lowest BCUT2D eigenvalue weighted by Crippen LogP contribution is -2.22. The van der Waals surface area contributed by atoms with Gasteiger partial charge in [-0.2, -0.15) is 8.42 Å². The normalized spacial score (nSPS) is 14.6. The van der Waals surface area contributed by atoms with E-state index in [4.69, 9.17) is 14.8 Å². The van der Waals surface area contributed by atoms with Crippen molar-refractivity contribution in [2.45, 2.75) is 24.5 Å². The Labute approximate surface area is 71.8 Å². The van der Waals surface area contributed by atoms with E-state index >= 15 is 0 Å². The van der Waals surface area contributed by atoms with Crippen LogP contribution in [0.1, 0.15) is 19.3 Å². The van der Waals surface area contributed by atoms with Crippen molar-refractivity contribution >= 4 is 10.1 Å². The minimum absolute atomic E-state index is 0.0127.